The van der Waals surface area contributed by atoms with E-state index in [2.05, 4.69) is 16.4 Å². The van der Waals surface area contributed by atoms with Crippen LogP contribution in [0.1, 0.15) is 12.8 Å². The van der Waals surface area contributed by atoms with Gasteiger partial charge in [-0.25, -0.2) is 4.98 Å². The molecule has 0 spiro atoms. The van der Waals surface area contributed by atoms with Gasteiger partial charge in [-0.1, -0.05) is 6.07 Å². The summed E-state index contributed by atoms with van der Waals surface area (Å²) >= 11 is 0. The fourth-order valence-corrected chi connectivity index (χ4v) is 1.92. The highest BCUT2D eigenvalue weighted by Crippen LogP contribution is 2.32. The molecule has 1 aromatic carbocycles. The average molecular weight is 214 g/mol. The monoisotopic (exact) mass is 214 g/mol. The SMILES string of the molecule is COc1nccc2c(NC3CC3)cccc12. The summed E-state index contributed by atoms with van der Waals surface area (Å²) in [6.07, 6.45) is 4.34. The number of nitrogens with zero attached hydrogens (tertiary/aromatic N) is 1. The van der Waals surface area contributed by atoms with Gasteiger partial charge in [0, 0.05) is 28.7 Å². The van der Waals surface area contributed by atoms with Crippen molar-refractivity contribution in [3.05, 3.63) is 30.5 Å². The Morgan fingerprint density at radius 1 is 1.25 bits per heavy atom. The minimum atomic E-state index is 0.657. The molecule has 1 aromatic heterocycles. The van der Waals surface area contributed by atoms with Crippen molar-refractivity contribution in [2.24, 2.45) is 0 Å². The van der Waals surface area contributed by atoms with E-state index in [4.69, 9.17) is 4.74 Å². The van der Waals surface area contributed by atoms with E-state index in [-0.39, 0.29) is 0 Å². The second kappa shape index (κ2) is 3.67. The lowest BCUT2D eigenvalue weighted by atomic mass is 10.1. The van der Waals surface area contributed by atoms with Crippen molar-refractivity contribution >= 4 is 16.5 Å². The molecule has 3 rings (SSSR count). The van der Waals surface area contributed by atoms with Crippen LogP contribution in [0.2, 0.25) is 0 Å². The zero-order chi connectivity index (χ0) is 11.0. The number of aromatic nitrogens is 1. The van der Waals surface area contributed by atoms with Gasteiger partial charge in [-0.05, 0) is 31.0 Å². The number of methoxy groups -OCH3 is 1. The van der Waals surface area contributed by atoms with Crippen LogP contribution < -0.4 is 10.1 Å². The van der Waals surface area contributed by atoms with Crippen LogP contribution in [-0.4, -0.2) is 18.1 Å². The first kappa shape index (κ1) is 9.46. The Hall–Kier alpha value is -1.77. The second-order valence-electron chi connectivity index (χ2n) is 4.14. The molecule has 0 radical (unpaired) electrons. The van der Waals surface area contributed by atoms with Crippen LogP contribution in [0.15, 0.2) is 30.5 Å². The third-order valence-electron chi connectivity index (χ3n) is 2.90. The Morgan fingerprint density at radius 3 is 2.88 bits per heavy atom. The molecule has 3 nitrogen and oxygen atoms in total. The van der Waals surface area contributed by atoms with Gasteiger partial charge in [0.25, 0.3) is 0 Å². The molecule has 0 bridgehead atoms. The van der Waals surface area contributed by atoms with Crippen LogP contribution in [0.4, 0.5) is 5.69 Å². The van der Waals surface area contributed by atoms with Crippen molar-refractivity contribution in [3.8, 4) is 5.88 Å². The van der Waals surface area contributed by atoms with E-state index in [1.54, 1.807) is 13.3 Å². The fraction of sp³-hybridized carbons (Fsp3) is 0.308. The van der Waals surface area contributed by atoms with Crippen LogP contribution in [0.5, 0.6) is 5.88 Å². The molecule has 1 heterocycles. The highest BCUT2D eigenvalue weighted by molar-refractivity contribution is 5.96. The minimum absolute atomic E-state index is 0.657. The molecule has 0 unspecified atom stereocenters. The molecular weight excluding hydrogens is 200 g/mol. The topological polar surface area (TPSA) is 34.1 Å². The van der Waals surface area contributed by atoms with Crippen molar-refractivity contribution in [1.82, 2.24) is 4.98 Å². The summed E-state index contributed by atoms with van der Waals surface area (Å²) in [5, 5.41) is 5.77. The average Bonchev–Trinajstić information content (AvgIpc) is 3.13. The molecule has 3 heteroatoms. The van der Waals surface area contributed by atoms with Gasteiger partial charge < -0.3 is 10.1 Å². The lowest BCUT2D eigenvalue weighted by Gasteiger charge is -2.10. The molecule has 16 heavy (non-hydrogen) atoms. The molecule has 82 valence electrons. The lowest BCUT2D eigenvalue weighted by molar-refractivity contribution is 0.403. The first-order valence-corrected chi connectivity index (χ1v) is 5.57. The van der Waals surface area contributed by atoms with E-state index in [1.165, 1.54) is 23.9 Å². The maximum Gasteiger partial charge on any atom is 0.221 e. The Morgan fingerprint density at radius 2 is 2.12 bits per heavy atom. The molecule has 0 amide bonds. The van der Waals surface area contributed by atoms with Gasteiger partial charge in [0.1, 0.15) is 0 Å². The molecule has 0 atom stereocenters. The lowest BCUT2D eigenvalue weighted by Crippen LogP contribution is -2.01. The van der Waals surface area contributed by atoms with E-state index < -0.39 is 0 Å². The van der Waals surface area contributed by atoms with Crippen LogP contribution >= 0.6 is 0 Å². The Labute approximate surface area is 94.5 Å². The van der Waals surface area contributed by atoms with Gasteiger partial charge >= 0.3 is 0 Å². The minimum Gasteiger partial charge on any atom is -0.481 e. The molecule has 2 aromatic rings. The third kappa shape index (κ3) is 1.58. The zero-order valence-electron chi connectivity index (χ0n) is 9.23. The Kier molecular flexibility index (Phi) is 2.17. The fourth-order valence-electron chi connectivity index (χ4n) is 1.92. The van der Waals surface area contributed by atoms with E-state index in [9.17, 15) is 0 Å². The maximum absolute atomic E-state index is 5.26. The Balaban J connectivity index is 2.13. The molecule has 1 N–H and O–H groups in total. The molecule has 1 aliphatic rings. The van der Waals surface area contributed by atoms with Crippen molar-refractivity contribution < 1.29 is 4.74 Å². The first-order chi connectivity index (χ1) is 7.88. The highest BCUT2D eigenvalue weighted by Gasteiger charge is 2.21. The number of hydrogen-bond acceptors (Lipinski definition) is 3. The molecule has 0 saturated heterocycles. The van der Waals surface area contributed by atoms with Gasteiger partial charge in [-0.15, -0.1) is 0 Å². The van der Waals surface area contributed by atoms with E-state index in [0.29, 0.717) is 11.9 Å². The number of nitrogens with one attached hydrogen (secondary N) is 1. The summed E-state index contributed by atoms with van der Waals surface area (Å²) in [6.45, 7) is 0. The summed E-state index contributed by atoms with van der Waals surface area (Å²) in [6, 6.07) is 8.88. The molecular formula is C13H14N2O. The van der Waals surface area contributed by atoms with Gasteiger partial charge in [0.15, 0.2) is 0 Å². The summed E-state index contributed by atoms with van der Waals surface area (Å²) in [4.78, 5) is 4.21. The quantitative estimate of drug-likeness (QED) is 0.853. The van der Waals surface area contributed by atoms with E-state index >= 15 is 0 Å². The molecule has 1 saturated carbocycles. The van der Waals surface area contributed by atoms with Crippen LogP contribution in [0.3, 0.4) is 0 Å². The number of rotatable bonds is 3. The van der Waals surface area contributed by atoms with Gasteiger partial charge in [0.05, 0.1) is 7.11 Å². The van der Waals surface area contributed by atoms with Crippen LogP contribution in [-0.2, 0) is 0 Å². The normalized spacial score (nSPS) is 15.1. The second-order valence-corrected chi connectivity index (χ2v) is 4.14. The number of benzene rings is 1. The predicted molar refractivity (Wildman–Crippen MR) is 64.9 cm³/mol. The smallest absolute Gasteiger partial charge is 0.221 e. The summed E-state index contributed by atoms with van der Waals surface area (Å²) in [7, 11) is 1.66. The van der Waals surface area contributed by atoms with Crippen LogP contribution in [0, 0.1) is 0 Å². The number of ether oxygens (including phenoxy) is 1. The molecule has 1 aliphatic carbocycles. The van der Waals surface area contributed by atoms with E-state index in [1.807, 2.05) is 18.2 Å². The van der Waals surface area contributed by atoms with Crippen molar-refractivity contribution in [2.45, 2.75) is 18.9 Å². The maximum atomic E-state index is 5.26. The van der Waals surface area contributed by atoms with Gasteiger partial charge in [-0.3, -0.25) is 0 Å². The molecule has 1 fully saturated rings. The Bertz CT molecular complexity index is 520. The highest BCUT2D eigenvalue weighted by atomic mass is 16.5. The number of hydrogen-bond donors (Lipinski definition) is 1. The standard InChI is InChI=1S/C13H14N2O/c1-16-13-11-3-2-4-12(15-9-5-6-9)10(11)7-8-14-13/h2-4,7-9,15H,5-6H2,1H3. The number of anilines is 1. The van der Waals surface area contributed by atoms with Gasteiger partial charge in [0.2, 0.25) is 5.88 Å². The van der Waals surface area contributed by atoms with Crippen molar-refractivity contribution in [3.63, 3.8) is 0 Å². The predicted octanol–water partition coefficient (Wildman–Crippen LogP) is 2.82. The summed E-state index contributed by atoms with van der Waals surface area (Å²) < 4.78 is 5.26. The third-order valence-corrected chi connectivity index (χ3v) is 2.90. The summed E-state index contributed by atoms with van der Waals surface area (Å²) in [5.41, 5.74) is 1.18. The number of fused-ring (bicyclic) bond motifs is 1. The molecule has 0 aliphatic heterocycles. The zero-order valence-corrected chi connectivity index (χ0v) is 9.23. The summed E-state index contributed by atoms with van der Waals surface area (Å²) in [5.74, 6) is 0.692. The largest absolute Gasteiger partial charge is 0.481 e. The number of pyridine rings is 1. The van der Waals surface area contributed by atoms with E-state index in [0.717, 1.165) is 5.39 Å². The first-order valence-electron chi connectivity index (χ1n) is 5.57. The van der Waals surface area contributed by atoms with Crippen molar-refractivity contribution in [2.75, 3.05) is 12.4 Å². The van der Waals surface area contributed by atoms with Crippen molar-refractivity contribution in [1.29, 1.82) is 0 Å². The van der Waals surface area contributed by atoms with Crippen LogP contribution in [0.25, 0.3) is 10.8 Å². The van der Waals surface area contributed by atoms with Gasteiger partial charge in [-0.2, -0.15) is 0 Å².